The van der Waals surface area contributed by atoms with E-state index in [0.717, 1.165) is 19.3 Å². The summed E-state index contributed by atoms with van der Waals surface area (Å²) in [6.45, 7) is 3.69. The lowest BCUT2D eigenvalue weighted by Gasteiger charge is -2.16. The first-order valence-electron chi connectivity index (χ1n) is 11.5. The molecule has 0 bridgehead atoms. The smallest absolute Gasteiger partial charge is 0.232 e. The standard InChI is InChI=1S/C25H26FN7O2/c1-25(2,34)13-32-11-19(10-31-32)35-24-22-20(15-3-4-16(9-27)21(26)7-15)12-33(23(22)29-14-30-24)18-6-5-17(28)8-18/h3-4,7,10-12,14,17-18,34H,5-6,8,13,28H2,1-2H3/t17-,18-/m1/s1. The highest BCUT2D eigenvalue weighted by molar-refractivity contribution is 5.98. The Hall–Kier alpha value is -3.81. The zero-order chi connectivity index (χ0) is 24.7. The van der Waals surface area contributed by atoms with Gasteiger partial charge in [0.15, 0.2) is 5.75 Å². The van der Waals surface area contributed by atoms with Crippen molar-refractivity contribution in [1.82, 2.24) is 24.3 Å². The van der Waals surface area contributed by atoms with E-state index in [2.05, 4.69) is 19.6 Å². The minimum absolute atomic E-state index is 0.0220. The maximum absolute atomic E-state index is 14.5. The van der Waals surface area contributed by atoms with Gasteiger partial charge in [-0.1, -0.05) is 6.07 Å². The van der Waals surface area contributed by atoms with Crippen LogP contribution in [-0.4, -0.2) is 41.1 Å². The molecule has 180 valence electrons. The fraction of sp³-hybridized carbons (Fsp3) is 0.360. The fourth-order valence-electron chi connectivity index (χ4n) is 4.64. The molecule has 4 aromatic rings. The van der Waals surface area contributed by atoms with Crippen molar-refractivity contribution in [1.29, 1.82) is 5.26 Å². The molecule has 0 saturated heterocycles. The second-order valence-corrected chi connectivity index (χ2v) is 9.65. The molecule has 1 aliphatic carbocycles. The summed E-state index contributed by atoms with van der Waals surface area (Å²) in [6.07, 6.45) is 9.25. The van der Waals surface area contributed by atoms with Gasteiger partial charge in [-0.05, 0) is 50.8 Å². The second kappa shape index (κ2) is 8.76. The highest BCUT2D eigenvalue weighted by atomic mass is 19.1. The highest BCUT2D eigenvalue weighted by Gasteiger charge is 2.28. The Morgan fingerprint density at radius 2 is 2.11 bits per heavy atom. The van der Waals surface area contributed by atoms with Crippen LogP contribution in [0.5, 0.6) is 11.6 Å². The number of aliphatic hydroxyl groups is 1. The van der Waals surface area contributed by atoms with Gasteiger partial charge in [0.2, 0.25) is 5.88 Å². The number of aromatic nitrogens is 5. The van der Waals surface area contributed by atoms with Gasteiger partial charge >= 0.3 is 0 Å². The molecule has 0 amide bonds. The van der Waals surface area contributed by atoms with Crippen LogP contribution in [0.1, 0.15) is 44.7 Å². The van der Waals surface area contributed by atoms with E-state index in [9.17, 15) is 9.50 Å². The molecule has 5 rings (SSSR count). The first kappa shape index (κ1) is 23.0. The van der Waals surface area contributed by atoms with E-state index in [1.165, 1.54) is 18.5 Å². The van der Waals surface area contributed by atoms with Crippen molar-refractivity contribution in [3.05, 3.63) is 54.5 Å². The molecule has 35 heavy (non-hydrogen) atoms. The van der Waals surface area contributed by atoms with Gasteiger partial charge in [-0.15, -0.1) is 0 Å². The zero-order valence-corrected chi connectivity index (χ0v) is 19.5. The number of hydrogen-bond acceptors (Lipinski definition) is 7. The maximum Gasteiger partial charge on any atom is 0.232 e. The zero-order valence-electron chi connectivity index (χ0n) is 19.5. The van der Waals surface area contributed by atoms with Crippen molar-refractivity contribution < 1.29 is 14.2 Å². The van der Waals surface area contributed by atoms with Crippen LogP contribution in [0.2, 0.25) is 0 Å². The summed E-state index contributed by atoms with van der Waals surface area (Å²) in [6, 6.07) is 6.64. The molecule has 3 N–H and O–H groups in total. The third-order valence-corrected chi connectivity index (χ3v) is 6.19. The minimum Gasteiger partial charge on any atom is -0.435 e. The number of nitriles is 1. The molecule has 0 spiro atoms. The van der Waals surface area contributed by atoms with Crippen LogP contribution < -0.4 is 10.5 Å². The molecule has 0 radical (unpaired) electrons. The fourth-order valence-corrected chi connectivity index (χ4v) is 4.64. The van der Waals surface area contributed by atoms with Crippen LogP contribution in [0.25, 0.3) is 22.2 Å². The molecule has 1 saturated carbocycles. The predicted octanol–water partition coefficient (Wildman–Crippen LogP) is 3.92. The lowest BCUT2D eigenvalue weighted by Crippen LogP contribution is -2.26. The number of fused-ring (bicyclic) bond motifs is 1. The van der Waals surface area contributed by atoms with Gasteiger partial charge in [-0.3, -0.25) is 4.68 Å². The Labute approximate surface area is 201 Å². The highest BCUT2D eigenvalue weighted by Crippen LogP contribution is 2.41. The number of ether oxygens (including phenoxy) is 1. The molecule has 9 nitrogen and oxygen atoms in total. The van der Waals surface area contributed by atoms with Gasteiger partial charge in [-0.2, -0.15) is 10.4 Å². The number of rotatable bonds is 6. The van der Waals surface area contributed by atoms with E-state index >= 15 is 0 Å². The van der Waals surface area contributed by atoms with Crippen LogP contribution >= 0.6 is 0 Å². The molecule has 0 aliphatic heterocycles. The van der Waals surface area contributed by atoms with Crippen LogP contribution in [-0.2, 0) is 6.54 Å². The number of nitrogens with two attached hydrogens (primary N) is 1. The van der Waals surface area contributed by atoms with E-state index < -0.39 is 11.4 Å². The summed E-state index contributed by atoms with van der Waals surface area (Å²) in [7, 11) is 0. The summed E-state index contributed by atoms with van der Waals surface area (Å²) < 4.78 is 24.3. The van der Waals surface area contributed by atoms with Crippen LogP contribution in [0.15, 0.2) is 43.1 Å². The Morgan fingerprint density at radius 1 is 1.29 bits per heavy atom. The molecule has 1 fully saturated rings. The summed E-state index contributed by atoms with van der Waals surface area (Å²) in [5.41, 5.74) is 7.17. The lowest BCUT2D eigenvalue weighted by atomic mass is 10.0. The summed E-state index contributed by atoms with van der Waals surface area (Å²) in [5.74, 6) is 0.154. The van der Waals surface area contributed by atoms with Crippen molar-refractivity contribution in [3.8, 4) is 28.8 Å². The van der Waals surface area contributed by atoms with E-state index in [4.69, 9.17) is 15.7 Å². The first-order valence-corrected chi connectivity index (χ1v) is 11.5. The Kier molecular flexibility index (Phi) is 5.75. The molecular weight excluding hydrogens is 449 g/mol. The third-order valence-electron chi connectivity index (χ3n) is 6.19. The molecule has 1 aromatic carbocycles. The molecule has 1 aliphatic rings. The number of nitrogens with zero attached hydrogens (tertiary/aromatic N) is 6. The summed E-state index contributed by atoms with van der Waals surface area (Å²) >= 11 is 0. The maximum atomic E-state index is 14.5. The Bertz CT molecular complexity index is 1430. The van der Waals surface area contributed by atoms with Crippen LogP contribution in [0.3, 0.4) is 0 Å². The Balaban J connectivity index is 1.62. The average molecular weight is 476 g/mol. The lowest BCUT2D eigenvalue weighted by molar-refractivity contribution is 0.0577. The van der Waals surface area contributed by atoms with E-state index in [1.54, 1.807) is 37.0 Å². The van der Waals surface area contributed by atoms with E-state index in [1.807, 2.05) is 12.3 Å². The van der Waals surface area contributed by atoms with Crippen molar-refractivity contribution >= 4 is 11.0 Å². The van der Waals surface area contributed by atoms with Gasteiger partial charge in [0.1, 0.15) is 23.9 Å². The van der Waals surface area contributed by atoms with E-state index in [-0.39, 0.29) is 17.6 Å². The number of benzene rings is 1. The SMILES string of the molecule is CC(C)(O)Cn1cc(Oc2ncnc3c2c(-c2ccc(C#N)c(F)c2)cn3[C@@H]2CC[C@@H](N)C2)cn1. The number of halogens is 1. The van der Waals surface area contributed by atoms with Crippen molar-refractivity contribution in [3.63, 3.8) is 0 Å². The summed E-state index contributed by atoms with van der Waals surface area (Å²) in [5, 5.41) is 24.1. The van der Waals surface area contributed by atoms with Gasteiger partial charge in [0, 0.05) is 23.8 Å². The van der Waals surface area contributed by atoms with Gasteiger partial charge in [0.05, 0.1) is 35.5 Å². The van der Waals surface area contributed by atoms with Crippen molar-refractivity contribution in [2.45, 2.75) is 57.3 Å². The molecule has 2 atom stereocenters. The molecule has 0 unspecified atom stereocenters. The quantitative estimate of drug-likeness (QED) is 0.432. The van der Waals surface area contributed by atoms with Gasteiger partial charge < -0.3 is 20.1 Å². The van der Waals surface area contributed by atoms with Crippen LogP contribution in [0, 0.1) is 17.1 Å². The Morgan fingerprint density at radius 3 is 2.80 bits per heavy atom. The third kappa shape index (κ3) is 4.60. The first-order chi connectivity index (χ1) is 16.7. The number of hydrogen-bond donors (Lipinski definition) is 2. The van der Waals surface area contributed by atoms with Gasteiger partial charge in [0.25, 0.3) is 0 Å². The largest absolute Gasteiger partial charge is 0.435 e. The van der Waals surface area contributed by atoms with Crippen molar-refractivity contribution in [2.24, 2.45) is 5.73 Å². The second-order valence-electron chi connectivity index (χ2n) is 9.65. The van der Waals surface area contributed by atoms with E-state index in [0.29, 0.717) is 40.3 Å². The molecule has 10 heteroatoms. The summed E-state index contributed by atoms with van der Waals surface area (Å²) in [4.78, 5) is 8.92. The van der Waals surface area contributed by atoms with Gasteiger partial charge in [-0.25, -0.2) is 14.4 Å². The monoisotopic (exact) mass is 475 g/mol. The van der Waals surface area contributed by atoms with Crippen molar-refractivity contribution in [2.75, 3.05) is 0 Å². The minimum atomic E-state index is -0.933. The normalized spacial score (nSPS) is 18.2. The molecule has 3 heterocycles. The molecular formula is C25H26FN7O2. The average Bonchev–Trinajstić information content (AvgIpc) is 3.51. The molecule has 3 aromatic heterocycles. The topological polar surface area (TPSA) is 128 Å². The predicted molar refractivity (Wildman–Crippen MR) is 127 cm³/mol. The van der Waals surface area contributed by atoms with Crippen LogP contribution in [0.4, 0.5) is 4.39 Å².